The minimum Gasteiger partial charge on any atom is -0.508 e. The van der Waals surface area contributed by atoms with Crippen molar-refractivity contribution in [3.63, 3.8) is 0 Å². The van der Waals surface area contributed by atoms with Crippen LogP contribution in [-0.2, 0) is 4.79 Å². The lowest BCUT2D eigenvalue weighted by molar-refractivity contribution is -0.130. The Hall–Kier alpha value is -4.57. The number of rotatable bonds is 4. The summed E-state index contributed by atoms with van der Waals surface area (Å²) in [6.45, 7) is 8.66. The summed E-state index contributed by atoms with van der Waals surface area (Å²) in [7, 11) is 1.66. The van der Waals surface area contributed by atoms with Crippen LogP contribution in [-0.4, -0.2) is 18.2 Å². The van der Waals surface area contributed by atoms with Gasteiger partial charge in [-0.3, -0.25) is 0 Å². The van der Waals surface area contributed by atoms with E-state index in [-0.39, 0.29) is 5.75 Å². The minimum absolute atomic E-state index is 0.134. The van der Waals surface area contributed by atoms with Crippen molar-refractivity contribution in [1.29, 1.82) is 0 Å². The molecule has 1 aliphatic rings. The molecule has 4 aromatic rings. The number of benzene rings is 4. The molecule has 0 unspecified atom stereocenters. The van der Waals surface area contributed by atoms with E-state index in [1.807, 2.05) is 24.3 Å². The van der Waals surface area contributed by atoms with Gasteiger partial charge in [0.25, 0.3) is 0 Å². The van der Waals surface area contributed by atoms with E-state index in [1.54, 1.807) is 20.1 Å². The van der Waals surface area contributed by atoms with E-state index in [0.717, 1.165) is 11.3 Å². The number of methoxy groups -OCH3 is 1. The van der Waals surface area contributed by atoms with Crippen molar-refractivity contribution < 1.29 is 19.4 Å². The van der Waals surface area contributed by atoms with E-state index in [0.29, 0.717) is 11.3 Å². The molecule has 1 aliphatic carbocycles. The number of carbonyl (C=O) groups excluding carboxylic acids is 1. The summed E-state index contributed by atoms with van der Waals surface area (Å²) in [5.74, 6) is 0.942. The van der Waals surface area contributed by atoms with Gasteiger partial charge in [-0.25, -0.2) is 4.79 Å². The SMILES string of the molecule is C1=Cc2cccc3cccc1c23.C=C(C)C(=O)Oc1ccc(O)cc1.C=Cc1ccc(OC)cc1. The Balaban J connectivity index is 0.000000148. The fraction of sp³-hybridized carbons (Fsp3) is 0.0645. The molecule has 4 nitrogen and oxygen atoms in total. The van der Waals surface area contributed by atoms with Gasteiger partial charge in [-0.05, 0) is 70.8 Å². The highest BCUT2D eigenvalue weighted by Gasteiger charge is 2.06. The van der Waals surface area contributed by atoms with Crippen LogP contribution in [0, 0.1) is 0 Å². The van der Waals surface area contributed by atoms with E-state index in [1.165, 1.54) is 46.2 Å². The third kappa shape index (κ3) is 6.95. The van der Waals surface area contributed by atoms with Crippen molar-refractivity contribution in [3.8, 4) is 17.2 Å². The molecule has 0 spiro atoms. The third-order valence-electron chi connectivity index (χ3n) is 5.16. The molecule has 0 radical (unpaired) electrons. The quantitative estimate of drug-likeness (QED) is 0.170. The number of aromatic hydroxyl groups is 1. The molecule has 176 valence electrons. The zero-order valence-corrected chi connectivity index (χ0v) is 19.9. The maximum Gasteiger partial charge on any atom is 0.338 e. The normalized spacial score (nSPS) is 10.3. The van der Waals surface area contributed by atoms with Crippen molar-refractivity contribution in [2.75, 3.05) is 7.11 Å². The van der Waals surface area contributed by atoms with Gasteiger partial charge in [0.05, 0.1) is 7.11 Å². The van der Waals surface area contributed by atoms with Crippen molar-refractivity contribution in [1.82, 2.24) is 0 Å². The predicted molar refractivity (Wildman–Crippen MR) is 145 cm³/mol. The molecule has 0 saturated heterocycles. The molecule has 0 aliphatic heterocycles. The second kappa shape index (κ2) is 12.1. The van der Waals surface area contributed by atoms with Gasteiger partial charge in [0.2, 0.25) is 0 Å². The van der Waals surface area contributed by atoms with Crippen LogP contribution in [0.5, 0.6) is 17.2 Å². The highest BCUT2D eigenvalue weighted by molar-refractivity contribution is 6.04. The first-order valence-corrected chi connectivity index (χ1v) is 11.0. The molecule has 0 saturated carbocycles. The van der Waals surface area contributed by atoms with Gasteiger partial charge in [-0.1, -0.05) is 79.9 Å². The van der Waals surface area contributed by atoms with E-state index in [9.17, 15) is 4.79 Å². The van der Waals surface area contributed by atoms with E-state index in [4.69, 9.17) is 14.6 Å². The van der Waals surface area contributed by atoms with Crippen LogP contribution in [0.15, 0.2) is 104 Å². The number of esters is 1. The molecule has 0 fully saturated rings. The summed E-state index contributed by atoms with van der Waals surface area (Å²) in [5, 5.41) is 11.7. The number of carbonyl (C=O) groups is 1. The molecule has 1 N–H and O–H groups in total. The van der Waals surface area contributed by atoms with Crippen molar-refractivity contribution in [3.05, 3.63) is 120 Å². The maximum atomic E-state index is 11.0. The lowest BCUT2D eigenvalue weighted by atomic mass is 10.0. The molecule has 0 atom stereocenters. The fourth-order valence-electron chi connectivity index (χ4n) is 3.31. The van der Waals surface area contributed by atoms with Crippen molar-refractivity contribution in [2.45, 2.75) is 6.92 Å². The highest BCUT2D eigenvalue weighted by Crippen LogP contribution is 2.30. The Bertz CT molecular complexity index is 1310. The van der Waals surface area contributed by atoms with E-state index in [2.05, 4.69) is 61.7 Å². The van der Waals surface area contributed by atoms with Crippen LogP contribution in [0.3, 0.4) is 0 Å². The van der Waals surface area contributed by atoms with Crippen LogP contribution >= 0.6 is 0 Å². The van der Waals surface area contributed by atoms with Crippen LogP contribution in [0.1, 0.15) is 23.6 Å². The smallest absolute Gasteiger partial charge is 0.338 e. The third-order valence-corrected chi connectivity index (χ3v) is 5.16. The molecule has 0 amide bonds. The first-order valence-electron chi connectivity index (χ1n) is 11.0. The van der Waals surface area contributed by atoms with Crippen molar-refractivity contribution in [2.24, 2.45) is 0 Å². The summed E-state index contributed by atoms with van der Waals surface area (Å²) < 4.78 is 9.86. The largest absolute Gasteiger partial charge is 0.508 e. The van der Waals surface area contributed by atoms with Gasteiger partial charge in [0.15, 0.2) is 0 Å². The lowest BCUT2D eigenvalue weighted by Gasteiger charge is -2.02. The fourth-order valence-corrected chi connectivity index (χ4v) is 3.31. The summed E-state index contributed by atoms with van der Waals surface area (Å²) in [6, 6.07) is 26.5. The molecule has 35 heavy (non-hydrogen) atoms. The van der Waals surface area contributed by atoms with Crippen LogP contribution in [0.2, 0.25) is 0 Å². The number of phenols is 1. The molecular formula is C31H28O4. The molecule has 5 rings (SSSR count). The Morgan fingerprint density at radius 1 is 0.829 bits per heavy atom. The van der Waals surface area contributed by atoms with Gasteiger partial charge in [-0.2, -0.15) is 0 Å². The number of ether oxygens (including phenoxy) is 2. The summed E-state index contributed by atoms with van der Waals surface area (Å²) >= 11 is 0. The van der Waals surface area contributed by atoms with Gasteiger partial charge < -0.3 is 14.6 Å². The van der Waals surface area contributed by atoms with Crippen LogP contribution < -0.4 is 9.47 Å². The van der Waals surface area contributed by atoms with E-state index < -0.39 is 5.97 Å². The standard InChI is InChI=1S/C12H8.C10H10O3.C9H10O/c1-3-9-4-2-6-11-8-7-10(5-1)12(9)11;1-7(2)10(12)13-9-5-3-8(11)4-6-9;1-3-8-4-6-9(10-2)7-5-8/h1-8H;3-6,11H,1H2,2H3;3-7H,1H2,2H3. The Kier molecular flexibility index (Phi) is 8.63. The van der Waals surface area contributed by atoms with Crippen LogP contribution in [0.4, 0.5) is 0 Å². The number of hydrogen-bond donors (Lipinski definition) is 1. The summed E-state index contributed by atoms with van der Waals surface area (Å²) in [6.07, 6.45) is 6.16. The molecular weight excluding hydrogens is 436 g/mol. The predicted octanol–water partition coefficient (Wildman–Crippen LogP) is 7.54. The van der Waals surface area contributed by atoms with Crippen molar-refractivity contribution >= 4 is 35.0 Å². The van der Waals surface area contributed by atoms with E-state index >= 15 is 0 Å². The second-order valence-corrected chi connectivity index (χ2v) is 7.77. The summed E-state index contributed by atoms with van der Waals surface area (Å²) in [5.41, 5.74) is 4.15. The first-order chi connectivity index (χ1) is 16.9. The Morgan fingerprint density at radius 3 is 1.86 bits per heavy atom. The van der Waals surface area contributed by atoms with Gasteiger partial charge in [0, 0.05) is 5.57 Å². The molecule has 4 aromatic carbocycles. The highest BCUT2D eigenvalue weighted by atomic mass is 16.5. The molecule has 4 heteroatoms. The Morgan fingerprint density at radius 2 is 1.37 bits per heavy atom. The average molecular weight is 465 g/mol. The number of phenolic OH excluding ortho intramolecular Hbond substituents is 1. The number of hydrogen-bond acceptors (Lipinski definition) is 4. The zero-order valence-electron chi connectivity index (χ0n) is 19.9. The van der Waals surface area contributed by atoms with Gasteiger partial charge in [-0.15, -0.1) is 0 Å². The molecule has 0 bridgehead atoms. The second-order valence-electron chi connectivity index (χ2n) is 7.77. The average Bonchev–Trinajstić information content (AvgIpc) is 3.31. The monoisotopic (exact) mass is 464 g/mol. The summed E-state index contributed by atoms with van der Waals surface area (Å²) in [4.78, 5) is 11.0. The first kappa shape index (κ1) is 25.1. The topological polar surface area (TPSA) is 55.8 Å². The maximum absolute atomic E-state index is 11.0. The Labute approximate surface area is 206 Å². The van der Waals surface area contributed by atoms with Crippen LogP contribution in [0.25, 0.3) is 29.0 Å². The van der Waals surface area contributed by atoms with Gasteiger partial charge in [0.1, 0.15) is 17.2 Å². The minimum atomic E-state index is -0.467. The zero-order chi connectivity index (χ0) is 25.2. The van der Waals surface area contributed by atoms with Gasteiger partial charge >= 0.3 is 5.97 Å². The lowest BCUT2D eigenvalue weighted by Crippen LogP contribution is -2.07. The molecule has 0 heterocycles. The molecule has 0 aromatic heterocycles.